The Morgan fingerprint density at radius 1 is 1.10 bits per heavy atom. The maximum absolute atomic E-state index is 7.00. The number of hydrogen-bond donors (Lipinski definition) is 0. The predicted molar refractivity (Wildman–Crippen MR) is 41.5 cm³/mol. The van der Waals surface area contributed by atoms with Crippen molar-refractivity contribution in [2.45, 2.75) is 6.92 Å². The minimum atomic E-state index is 0. The van der Waals surface area contributed by atoms with Crippen molar-refractivity contribution in [3.05, 3.63) is 43.0 Å². The molecule has 0 fully saturated rings. The molecule has 0 amide bonds. The van der Waals surface area contributed by atoms with Crippen LogP contribution in [0.3, 0.4) is 0 Å². The Hall–Kier alpha value is 0.124. The molecule has 10 heavy (non-hydrogen) atoms. The van der Waals surface area contributed by atoms with Crippen molar-refractivity contribution < 1.29 is 32.7 Å². The van der Waals surface area contributed by atoms with Gasteiger partial charge in [-0.2, -0.15) is 6.92 Å². The molecule has 0 bridgehead atoms. The first-order chi connectivity index (χ1) is 4.39. The second-order valence-corrected chi connectivity index (χ2v) is 1.37. The molecule has 0 spiro atoms. The van der Waals surface area contributed by atoms with E-state index in [2.05, 4.69) is 6.92 Å². The predicted octanol–water partition coefficient (Wildman–Crippen LogP) is 3.21. The van der Waals surface area contributed by atoms with E-state index in [9.17, 15) is 0 Å². The Labute approximate surface area is 87.9 Å². The molecule has 53 valence electrons. The van der Waals surface area contributed by atoms with Crippen LogP contribution in [-0.4, -0.2) is 0 Å². The van der Waals surface area contributed by atoms with Gasteiger partial charge >= 0.3 is 0 Å². The number of rotatable bonds is 0. The van der Waals surface area contributed by atoms with E-state index in [0.717, 1.165) is 0 Å². The van der Waals surface area contributed by atoms with E-state index in [1.54, 1.807) is 19.1 Å². The largest absolute Gasteiger partial charge is 0.699 e. The molecule has 1 radical (unpaired) electrons. The second-order valence-electron chi connectivity index (χ2n) is 1.37. The molecule has 0 aromatic heterocycles. The second kappa shape index (κ2) is 9.12. The van der Waals surface area contributed by atoms with Gasteiger partial charge in [0.2, 0.25) is 0 Å². The fraction of sp³-hybridized carbons (Fsp3) is 0.125. The molecule has 0 unspecified atom stereocenters. The summed E-state index contributed by atoms with van der Waals surface area (Å²) in [6.45, 7) is 5.00. The Balaban J connectivity index is 0. The molecule has 0 aliphatic heterocycles. The van der Waals surface area contributed by atoms with Crippen LogP contribution in [0.15, 0.2) is 30.3 Å². The zero-order valence-electron chi connectivity index (χ0n) is 6.17. The summed E-state index contributed by atoms with van der Waals surface area (Å²) in [4.78, 5) is 0. The summed E-state index contributed by atoms with van der Waals surface area (Å²) in [7, 11) is 0. The molecular weight excluding hydrogens is 199 g/mol. The SMILES string of the molecule is [CH2-]C.[NH-]c1ccccc1.[Y]. The zero-order valence-corrected chi connectivity index (χ0v) is 9.01. The fourth-order valence-corrected chi connectivity index (χ4v) is 0.438. The van der Waals surface area contributed by atoms with Gasteiger partial charge in [0.1, 0.15) is 0 Å². The van der Waals surface area contributed by atoms with Crippen LogP contribution in [0.1, 0.15) is 6.92 Å². The molecule has 2 heteroatoms. The monoisotopic (exact) mass is 210 g/mol. The first kappa shape index (κ1) is 12.8. The summed E-state index contributed by atoms with van der Waals surface area (Å²) in [5.41, 5.74) is 7.57. The van der Waals surface area contributed by atoms with Crippen LogP contribution in [0.25, 0.3) is 5.73 Å². The van der Waals surface area contributed by atoms with Crippen molar-refractivity contribution in [1.82, 2.24) is 0 Å². The van der Waals surface area contributed by atoms with Crippen LogP contribution in [0, 0.1) is 6.92 Å². The third-order valence-electron chi connectivity index (χ3n) is 0.774. The number of benzene rings is 1. The van der Waals surface area contributed by atoms with Gasteiger partial charge < -0.3 is 12.7 Å². The molecule has 1 rings (SSSR count). The first-order valence-electron chi connectivity index (χ1n) is 2.87. The van der Waals surface area contributed by atoms with Crippen molar-refractivity contribution in [3.8, 4) is 0 Å². The van der Waals surface area contributed by atoms with Crippen LogP contribution < -0.4 is 0 Å². The number of nitrogens with one attached hydrogen (secondary N) is 1. The summed E-state index contributed by atoms with van der Waals surface area (Å²) in [6.07, 6.45) is 0. The maximum Gasteiger partial charge on any atom is 0 e. The topological polar surface area (TPSA) is 23.8 Å². The average molecular weight is 210 g/mol. The molecule has 0 heterocycles. The summed E-state index contributed by atoms with van der Waals surface area (Å²) in [5, 5.41) is 0. The Bertz CT molecular complexity index is 139. The van der Waals surface area contributed by atoms with Gasteiger partial charge in [0.05, 0.1) is 0 Å². The maximum atomic E-state index is 7.00. The van der Waals surface area contributed by atoms with E-state index in [1.165, 1.54) is 0 Å². The standard InChI is InChI=1S/C6H6N.C2H5.Y/c7-6-4-2-1-3-5-6;1-2;/h1-5,7H;1H2,2H3;/q2*-1;. The fourth-order valence-electron chi connectivity index (χ4n) is 0.438. The number of hydrogen-bond acceptors (Lipinski definition) is 0. The van der Waals surface area contributed by atoms with Gasteiger partial charge in [0, 0.05) is 32.7 Å². The average Bonchev–Trinajstić information content (AvgIpc) is 1.94. The van der Waals surface area contributed by atoms with Crippen LogP contribution in [-0.2, 0) is 32.7 Å². The minimum Gasteiger partial charge on any atom is -0.699 e. The quantitative estimate of drug-likeness (QED) is 0.587. The van der Waals surface area contributed by atoms with E-state index in [-0.39, 0.29) is 32.7 Å². The zero-order chi connectivity index (χ0) is 7.11. The summed E-state index contributed by atoms with van der Waals surface area (Å²) in [6, 6.07) is 9.10. The molecule has 0 saturated carbocycles. The van der Waals surface area contributed by atoms with E-state index >= 15 is 0 Å². The van der Waals surface area contributed by atoms with Gasteiger partial charge in [-0.15, -0.1) is 5.69 Å². The van der Waals surface area contributed by atoms with Crippen LogP contribution in [0.5, 0.6) is 0 Å². The van der Waals surface area contributed by atoms with E-state index < -0.39 is 0 Å². The van der Waals surface area contributed by atoms with Gasteiger partial charge in [-0.3, -0.25) is 0 Å². The molecule has 0 aliphatic carbocycles. The Morgan fingerprint density at radius 3 is 1.70 bits per heavy atom. The Morgan fingerprint density at radius 2 is 1.50 bits per heavy atom. The molecule has 1 N–H and O–H groups in total. The van der Waals surface area contributed by atoms with Crippen molar-refractivity contribution in [2.75, 3.05) is 0 Å². The van der Waals surface area contributed by atoms with E-state index in [0.29, 0.717) is 5.69 Å². The van der Waals surface area contributed by atoms with Crippen molar-refractivity contribution in [2.24, 2.45) is 0 Å². The third kappa shape index (κ3) is 6.25. The van der Waals surface area contributed by atoms with E-state index in [1.807, 2.05) is 18.2 Å². The van der Waals surface area contributed by atoms with E-state index in [4.69, 9.17) is 5.73 Å². The first-order valence-corrected chi connectivity index (χ1v) is 2.87. The third-order valence-corrected chi connectivity index (χ3v) is 0.774. The van der Waals surface area contributed by atoms with Crippen molar-refractivity contribution >= 4 is 5.69 Å². The van der Waals surface area contributed by atoms with Gasteiger partial charge in [0.15, 0.2) is 0 Å². The van der Waals surface area contributed by atoms with Crippen LogP contribution >= 0.6 is 0 Å². The van der Waals surface area contributed by atoms with Crippen molar-refractivity contribution in [3.63, 3.8) is 0 Å². The van der Waals surface area contributed by atoms with Crippen LogP contribution in [0.2, 0.25) is 0 Å². The van der Waals surface area contributed by atoms with Gasteiger partial charge in [-0.05, 0) is 0 Å². The molecule has 0 saturated heterocycles. The molecule has 1 aromatic rings. The van der Waals surface area contributed by atoms with Gasteiger partial charge in [-0.25, -0.2) is 0 Å². The molecule has 1 aromatic carbocycles. The normalized spacial score (nSPS) is 6.60. The Kier molecular flexibility index (Phi) is 11.7. The van der Waals surface area contributed by atoms with Gasteiger partial charge in [0.25, 0.3) is 0 Å². The summed E-state index contributed by atoms with van der Waals surface area (Å²) < 4.78 is 0. The molecule has 0 aliphatic rings. The minimum absolute atomic E-state index is 0. The van der Waals surface area contributed by atoms with Crippen molar-refractivity contribution in [1.29, 1.82) is 0 Å². The molecule has 1 nitrogen and oxygen atoms in total. The van der Waals surface area contributed by atoms with Gasteiger partial charge in [-0.1, -0.05) is 30.3 Å². The smallest absolute Gasteiger partial charge is 0 e. The molecular formula is C8H11NY-2. The summed E-state index contributed by atoms with van der Waals surface area (Å²) >= 11 is 0. The molecule has 0 atom stereocenters. The van der Waals surface area contributed by atoms with Crippen LogP contribution in [0.4, 0.5) is 5.69 Å². The summed E-state index contributed by atoms with van der Waals surface area (Å²) in [5.74, 6) is 0.